The average Bonchev–Trinajstić information content (AvgIpc) is 3.46. The topological polar surface area (TPSA) is 93.0 Å². The number of benzene rings is 2. The van der Waals surface area contributed by atoms with E-state index in [2.05, 4.69) is 20.8 Å². The molecular weight excluding hydrogens is 461 g/mol. The van der Waals surface area contributed by atoms with Gasteiger partial charge in [0.15, 0.2) is 0 Å². The second kappa shape index (κ2) is 10.2. The monoisotopic (exact) mass is 486 g/mol. The summed E-state index contributed by atoms with van der Waals surface area (Å²) in [7, 11) is 0. The van der Waals surface area contributed by atoms with E-state index in [1.54, 1.807) is 44.2 Å². The Morgan fingerprint density at radius 3 is 2.40 bits per heavy atom. The van der Waals surface area contributed by atoms with Gasteiger partial charge in [-0.25, -0.2) is 17.9 Å². The lowest BCUT2D eigenvalue weighted by Gasteiger charge is -2.27. The maximum atomic E-state index is 14.8. The molecule has 0 saturated carbocycles. The third-order valence-corrected chi connectivity index (χ3v) is 5.99. The van der Waals surface area contributed by atoms with Crippen LogP contribution in [0.25, 0.3) is 0 Å². The molecule has 4 rings (SSSR count). The number of alkyl halides is 1. The van der Waals surface area contributed by atoms with Crippen LogP contribution in [0.1, 0.15) is 48.9 Å². The van der Waals surface area contributed by atoms with Gasteiger partial charge in [-0.15, -0.1) is 5.10 Å². The quantitative estimate of drug-likeness (QED) is 0.555. The highest BCUT2D eigenvalue weighted by atomic mass is 19.1. The van der Waals surface area contributed by atoms with Gasteiger partial charge in [-0.3, -0.25) is 9.59 Å². The van der Waals surface area contributed by atoms with E-state index in [9.17, 15) is 22.8 Å². The van der Waals surface area contributed by atoms with Crippen LogP contribution in [0, 0.1) is 11.6 Å². The van der Waals surface area contributed by atoms with E-state index in [1.807, 2.05) is 0 Å². The summed E-state index contributed by atoms with van der Waals surface area (Å²) in [6.45, 7) is 2.87. The number of amides is 2. The Balaban J connectivity index is 1.62. The summed E-state index contributed by atoms with van der Waals surface area (Å²) in [6, 6.07) is 9.06. The molecule has 0 spiro atoms. The van der Waals surface area contributed by atoms with Crippen molar-refractivity contribution in [3.63, 3.8) is 0 Å². The molecule has 1 aliphatic rings. The average molecular weight is 486 g/mol. The fourth-order valence-corrected chi connectivity index (χ4v) is 4.36. The molecule has 0 bridgehead atoms. The molecule has 3 aromatic rings. The summed E-state index contributed by atoms with van der Waals surface area (Å²) < 4.78 is 45.1. The fourth-order valence-electron chi connectivity index (χ4n) is 4.36. The molecule has 0 aliphatic carbocycles. The fraction of sp³-hybridized carbons (Fsp3) is 0.375. The van der Waals surface area contributed by atoms with E-state index < -0.39 is 41.7 Å². The molecule has 1 fully saturated rings. The molecule has 1 saturated heterocycles. The lowest BCUT2D eigenvalue weighted by atomic mass is 9.93. The number of carbonyl (C=O) groups is 2. The van der Waals surface area contributed by atoms with E-state index in [0.717, 1.165) is 4.90 Å². The molecule has 8 nitrogen and oxygen atoms in total. The molecule has 1 N–H and O–H groups in total. The first-order chi connectivity index (χ1) is 16.7. The normalized spacial score (nSPS) is 18.6. The third-order valence-electron chi connectivity index (χ3n) is 5.99. The van der Waals surface area contributed by atoms with Crippen LogP contribution in [0.5, 0.6) is 0 Å². The first-order valence-electron chi connectivity index (χ1n) is 11.2. The zero-order chi connectivity index (χ0) is 25.1. The molecule has 0 radical (unpaired) electrons. The van der Waals surface area contributed by atoms with Crippen molar-refractivity contribution in [2.45, 2.75) is 51.0 Å². The van der Waals surface area contributed by atoms with Crippen molar-refractivity contribution in [2.75, 3.05) is 6.54 Å². The molecule has 35 heavy (non-hydrogen) atoms. The van der Waals surface area contributed by atoms with Crippen LogP contribution >= 0.6 is 0 Å². The molecule has 1 unspecified atom stereocenters. The van der Waals surface area contributed by atoms with Crippen LogP contribution < -0.4 is 5.32 Å². The number of tetrazole rings is 1. The molecule has 1 aromatic heterocycles. The van der Waals surface area contributed by atoms with E-state index >= 15 is 0 Å². The largest absolute Gasteiger partial charge is 0.343 e. The number of nitrogens with zero attached hydrogens (tertiary/aromatic N) is 5. The number of hydrogen-bond acceptors (Lipinski definition) is 5. The van der Waals surface area contributed by atoms with Gasteiger partial charge in [-0.2, -0.15) is 0 Å². The maximum Gasteiger partial charge on any atom is 0.245 e. The Morgan fingerprint density at radius 1 is 1.11 bits per heavy atom. The third kappa shape index (κ3) is 5.33. The Bertz CT molecular complexity index is 1170. The first-order valence-corrected chi connectivity index (χ1v) is 11.2. The van der Waals surface area contributed by atoms with Crippen LogP contribution in [-0.2, 0) is 16.1 Å². The van der Waals surface area contributed by atoms with Crippen molar-refractivity contribution in [2.24, 2.45) is 0 Å². The van der Waals surface area contributed by atoms with Crippen LogP contribution in [0.3, 0.4) is 0 Å². The summed E-state index contributed by atoms with van der Waals surface area (Å²) in [4.78, 5) is 27.2. The minimum Gasteiger partial charge on any atom is -0.343 e. The number of likely N-dealkylation sites (tertiary alicyclic amines) is 1. The maximum absolute atomic E-state index is 14.8. The molecule has 11 heteroatoms. The predicted octanol–water partition coefficient (Wildman–Crippen LogP) is 2.92. The minimum absolute atomic E-state index is 0.0395. The summed E-state index contributed by atoms with van der Waals surface area (Å²) >= 11 is 0. The lowest BCUT2D eigenvalue weighted by molar-refractivity contribution is -0.139. The highest BCUT2D eigenvalue weighted by Gasteiger charge is 2.40. The van der Waals surface area contributed by atoms with E-state index in [-0.39, 0.29) is 36.6 Å². The van der Waals surface area contributed by atoms with E-state index in [4.69, 9.17) is 0 Å². The van der Waals surface area contributed by atoms with Crippen LogP contribution in [-0.4, -0.2) is 55.7 Å². The van der Waals surface area contributed by atoms with Crippen molar-refractivity contribution in [3.8, 4) is 0 Å². The van der Waals surface area contributed by atoms with E-state index in [1.165, 1.54) is 23.1 Å². The number of halogens is 3. The van der Waals surface area contributed by atoms with Gasteiger partial charge in [0.05, 0.1) is 12.6 Å². The Hall–Kier alpha value is -3.76. The highest BCUT2D eigenvalue weighted by molar-refractivity contribution is 5.88. The van der Waals surface area contributed by atoms with Gasteiger partial charge in [0, 0.05) is 12.0 Å². The number of rotatable bonds is 7. The van der Waals surface area contributed by atoms with Gasteiger partial charge in [-0.05, 0) is 39.6 Å². The number of hydrogen-bond donors (Lipinski definition) is 1. The van der Waals surface area contributed by atoms with Crippen molar-refractivity contribution in [1.29, 1.82) is 0 Å². The second-order valence-electron chi connectivity index (χ2n) is 8.81. The second-order valence-corrected chi connectivity index (χ2v) is 8.81. The molecular formula is C24H25F3N6O2. The van der Waals surface area contributed by atoms with Crippen LogP contribution in [0.2, 0.25) is 0 Å². The Morgan fingerprint density at radius 2 is 1.80 bits per heavy atom. The van der Waals surface area contributed by atoms with Gasteiger partial charge >= 0.3 is 0 Å². The summed E-state index contributed by atoms with van der Waals surface area (Å²) in [6.07, 6.45) is -0.339. The van der Waals surface area contributed by atoms with Crippen molar-refractivity contribution < 1.29 is 22.8 Å². The molecule has 2 amide bonds. The van der Waals surface area contributed by atoms with Gasteiger partial charge in [0.1, 0.15) is 36.7 Å². The summed E-state index contributed by atoms with van der Waals surface area (Å²) in [5, 5.41) is 13.3. The van der Waals surface area contributed by atoms with Crippen LogP contribution in [0.15, 0.2) is 48.8 Å². The molecule has 2 aromatic carbocycles. The van der Waals surface area contributed by atoms with Crippen molar-refractivity contribution in [1.82, 2.24) is 30.4 Å². The smallest absolute Gasteiger partial charge is 0.245 e. The van der Waals surface area contributed by atoms with E-state index in [0.29, 0.717) is 5.56 Å². The lowest BCUT2D eigenvalue weighted by Crippen LogP contribution is -2.48. The number of carbonyl (C=O) groups excluding carboxylic acids is 2. The highest BCUT2D eigenvalue weighted by Crippen LogP contribution is 2.30. The van der Waals surface area contributed by atoms with Gasteiger partial charge in [0.25, 0.3) is 0 Å². The molecule has 3 atom stereocenters. The van der Waals surface area contributed by atoms with Crippen LogP contribution in [0.4, 0.5) is 13.2 Å². The SMILES string of the molecule is CC(C)c1c(F)cc(C(NC(=O)[C@@H]2C[C@@H](F)CN2C(=O)Cn2cnnn2)c2ccccc2)cc1F. The van der Waals surface area contributed by atoms with Gasteiger partial charge in [-0.1, -0.05) is 44.2 Å². The van der Waals surface area contributed by atoms with Gasteiger partial charge in [0.2, 0.25) is 11.8 Å². The zero-order valence-electron chi connectivity index (χ0n) is 19.2. The molecule has 1 aliphatic heterocycles. The summed E-state index contributed by atoms with van der Waals surface area (Å²) in [5.74, 6) is -2.94. The Kier molecular flexibility index (Phi) is 7.13. The minimum atomic E-state index is -1.39. The zero-order valence-corrected chi connectivity index (χ0v) is 19.2. The molecule has 2 heterocycles. The Labute approximate surface area is 200 Å². The molecule has 184 valence electrons. The number of nitrogens with one attached hydrogen (secondary N) is 1. The summed E-state index contributed by atoms with van der Waals surface area (Å²) in [5.41, 5.74) is 0.742. The van der Waals surface area contributed by atoms with Gasteiger partial charge < -0.3 is 10.2 Å². The van der Waals surface area contributed by atoms with Crippen molar-refractivity contribution in [3.05, 3.63) is 77.1 Å². The predicted molar refractivity (Wildman–Crippen MR) is 120 cm³/mol. The van der Waals surface area contributed by atoms with Crippen molar-refractivity contribution >= 4 is 11.8 Å². The number of aromatic nitrogens is 4. The standard InChI is InChI=1S/C24H25F3N6O2/c1-14(2)22-18(26)8-16(9-19(22)27)23(15-6-4-3-5-7-15)29-24(35)20-10-17(25)11-33(20)21(34)12-32-13-28-30-31-32/h3-9,13-14,17,20,23H,10-12H2,1-2H3,(H,29,35)/t17-,20+,23?/m1/s1. The first kappa shape index (κ1) is 24.4.